The number of rotatable bonds is 3. The number of hydrogen-bond acceptors (Lipinski definition) is 1. The molecule has 0 spiro atoms. The Morgan fingerprint density at radius 3 is 2.71 bits per heavy atom. The fourth-order valence-corrected chi connectivity index (χ4v) is 1.84. The Hall–Kier alpha value is -0.830. The maximum Gasteiger partial charge on any atom is 0.217 e. The second kappa shape index (κ2) is 5.15. The lowest BCUT2D eigenvalue weighted by Gasteiger charge is -2.13. The number of hydrogen-bond donors (Lipinski definition) is 1. The van der Waals surface area contributed by atoms with Gasteiger partial charge in [-0.3, -0.25) is 4.79 Å². The highest BCUT2D eigenvalue weighted by Crippen LogP contribution is 2.17. The van der Waals surface area contributed by atoms with Gasteiger partial charge in [0, 0.05) is 17.4 Å². The van der Waals surface area contributed by atoms with Crippen molar-refractivity contribution < 1.29 is 4.79 Å². The van der Waals surface area contributed by atoms with Crippen molar-refractivity contribution in [2.75, 3.05) is 0 Å². The van der Waals surface area contributed by atoms with Gasteiger partial charge in [-0.05, 0) is 25.0 Å². The monoisotopic (exact) mass is 255 g/mol. The lowest BCUT2D eigenvalue weighted by Crippen LogP contribution is -2.32. The molecule has 2 nitrogen and oxygen atoms in total. The number of nitrogens with one attached hydrogen (secondary N) is 1. The third-order valence-electron chi connectivity index (χ3n) is 1.93. The molecule has 1 atom stereocenters. The minimum absolute atomic E-state index is 0.0181. The van der Waals surface area contributed by atoms with E-state index in [4.69, 9.17) is 0 Å². The standard InChI is InChI=1S/C11H14BrNO/c1-8(13-9(2)14)7-10-5-3-4-6-11(10)12/h3-6,8H,7H2,1-2H3,(H,13,14). The molecule has 0 heterocycles. The van der Waals surface area contributed by atoms with E-state index in [0.717, 1.165) is 10.9 Å². The maximum atomic E-state index is 10.8. The molecule has 1 rings (SSSR count). The van der Waals surface area contributed by atoms with E-state index in [1.807, 2.05) is 25.1 Å². The third kappa shape index (κ3) is 3.50. The lowest BCUT2D eigenvalue weighted by atomic mass is 10.1. The van der Waals surface area contributed by atoms with Crippen molar-refractivity contribution in [1.29, 1.82) is 0 Å². The van der Waals surface area contributed by atoms with Gasteiger partial charge in [0.2, 0.25) is 5.91 Å². The van der Waals surface area contributed by atoms with Gasteiger partial charge in [-0.1, -0.05) is 34.1 Å². The van der Waals surface area contributed by atoms with Crippen LogP contribution in [0.1, 0.15) is 19.4 Å². The van der Waals surface area contributed by atoms with Gasteiger partial charge >= 0.3 is 0 Å². The molecule has 1 unspecified atom stereocenters. The van der Waals surface area contributed by atoms with E-state index < -0.39 is 0 Å². The van der Waals surface area contributed by atoms with Gasteiger partial charge in [0.1, 0.15) is 0 Å². The van der Waals surface area contributed by atoms with E-state index in [9.17, 15) is 4.79 Å². The van der Waals surface area contributed by atoms with Crippen LogP contribution in [-0.2, 0) is 11.2 Å². The van der Waals surface area contributed by atoms with Crippen molar-refractivity contribution in [2.24, 2.45) is 0 Å². The number of carbonyl (C=O) groups is 1. The van der Waals surface area contributed by atoms with E-state index in [1.54, 1.807) is 0 Å². The van der Waals surface area contributed by atoms with Crippen molar-refractivity contribution in [3.8, 4) is 0 Å². The van der Waals surface area contributed by atoms with Crippen LogP contribution >= 0.6 is 15.9 Å². The van der Waals surface area contributed by atoms with Crippen LogP contribution in [-0.4, -0.2) is 11.9 Å². The molecule has 0 aromatic heterocycles. The Balaban J connectivity index is 2.60. The van der Waals surface area contributed by atoms with E-state index in [2.05, 4.69) is 27.3 Å². The Morgan fingerprint density at radius 2 is 2.14 bits per heavy atom. The van der Waals surface area contributed by atoms with E-state index in [0.29, 0.717) is 0 Å². The molecule has 1 N–H and O–H groups in total. The zero-order valence-corrected chi connectivity index (χ0v) is 9.97. The summed E-state index contributed by atoms with van der Waals surface area (Å²) < 4.78 is 1.09. The number of halogens is 1. The van der Waals surface area contributed by atoms with Crippen LogP contribution in [0.25, 0.3) is 0 Å². The SMILES string of the molecule is CC(=O)NC(C)Cc1ccccc1Br. The molecule has 1 amide bonds. The summed E-state index contributed by atoms with van der Waals surface area (Å²) in [6.07, 6.45) is 0.848. The number of carbonyl (C=O) groups excluding carboxylic acids is 1. The fraction of sp³-hybridized carbons (Fsp3) is 0.364. The average Bonchev–Trinajstić information content (AvgIpc) is 2.07. The molecule has 0 bridgehead atoms. The average molecular weight is 256 g/mol. The lowest BCUT2D eigenvalue weighted by molar-refractivity contribution is -0.119. The number of benzene rings is 1. The first-order valence-electron chi connectivity index (χ1n) is 4.60. The Morgan fingerprint density at radius 1 is 1.50 bits per heavy atom. The van der Waals surface area contributed by atoms with Crippen molar-refractivity contribution in [3.05, 3.63) is 34.3 Å². The molecule has 0 radical (unpaired) electrons. The highest BCUT2D eigenvalue weighted by Gasteiger charge is 2.06. The summed E-state index contributed by atoms with van der Waals surface area (Å²) in [7, 11) is 0. The summed E-state index contributed by atoms with van der Waals surface area (Å²) in [5, 5.41) is 2.86. The summed E-state index contributed by atoms with van der Waals surface area (Å²) in [6, 6.07) is 8.22. The largest absolute Gasteiger partial charge is 0.354 e. The highest BCUT2D eigenvalue weighted by atomic mass is 79.9. The van der Waals surface area contributed by atoms with E-state index >= 15 is 0 Å². The van der Waals surface area contributed by atoms with Crippen LogP contribution < -0.4 is 5.32 Å². The molecule has 3 heteroatoms. The number of amides is 1. The molecular weight excluding hydrogens is 242 g/mol. The Kier molecular flexibility index (Phi) is 4.14. The summed E-state index contributed by atoms with van der Waals surface area (Å²) in [6.45, 7) is 3.54. The predicted octanol–water partition coefficient (Wildman–Crippen LogP) is 2.52. The van der Waals surface area contributed by atoms with Crippen LogP contribution in [0.3, 0.4) is 0 Å². The first kappa shape index (κ1) is 11.2. The first-order chi connectivity index (χ1) is 6.59. The zero-order chi connectivity index (χ0) is 10.6. The molecule has 14 heavy (non-hydrogen) atoms. The molecule has 1 aromatic rings. The molecule has 76 valence electrons. The van der Waals surface area contributed by atoms with E-state index in [1.165, 1.54) is 12.5 Å². The van der Waals surface area contributed by atoms with E-state index in [-0.39, 0.29) is 11.9 Å². The minimum atomic E-state index is 0.0181. The normalized spacial score (nSPS) is 12.2. The summed E-state index contributed by atoms with van der Waals surface area (Å²) >= 11 is 3.48. The molecule has 0 saturated carbocycles. The second-order valence-corrected chi connectivity index (χ2v) is 4.25. The van der Waals surface area contributed by atoms with Gasteiger partial charge in [0.05, 0.1) is 0 Å². The molecule has 0 aliphatic carbocycles. The second-order valence-electron chi connectivity index (χ2n) is 3.40. The Labute approximate surface area is 92.8 Å². The van der Waals surface area contributed by atoms with Crippen molar-refractivity contribution >= 4 is 21.8 Å². The topological polar surface area (TPSA) is 29.1 Å². The maximum absolute atomic E-state index is 10.8. The molecule has 0 saturated heterocycles. The van der Waals surface area contributed by atoms with Crippen molar-refractivity contribution in [2.45, 2.75) is 26.3 Å². The van der Waals surface area contributed by atoms with Gasteiger partial charge in [-0.25, -0.2) is 0 Å². The molecule has 1 aromatic carbocycles. The quantitative estimate of drug-likeness (QED) is 0.884. The highest BCUT2D eigenvalue weighted by molar-refractivity contribution is 9.10. The van der Waals surface area contributed by atoms with Crippen LogP contribution in [0.4, 0.5) is 0 Å². The summed E-state index contributed by atoms with van der Waals surface area (Å²) in [5.41, 5.74) is 1.22. The molecule has 0 aliphatic heterocycles. The van der Waals surface area contributed by atoms with Gasteiger partial charge < -0.3 is 5.32 Å². The van der Waals surface area contributed by atoms with Crippen LogP contribution in [0.15, 0.2) is 28.7 Å². The smallest absolute Gasteiger partial charge is 0.217 e. The molecular formula is C11H14BrNO. The van der Waals surface area contributed by atoms with Gasteiger partial charge in [-0.15, -0.1) is 0 Å². The minimum Gasteiger partial charge on any atom is -0.354 e. The predicted molar refractivity (Wildman–Crippen MR) is 61.1 cm³/mol. The summed E-state index contributed by atoms with van der Waals surface area (Å²) in [5.74, 6) is 0.0181. The van der Waals surface area contributed by atoms with Gasteiger partial charge in [0.25, 0.3) is 0 Å². The zero-order valence-electron chi connectivity index (χ0n) is 8.38. The third-order valence-corrected chi connectivity index (χ3v) is 2.71. The fourth-order valence-electron chi connectivity index (χ4n) is 1.39. The van der Waals surface area contributed by atoms with Crippen LogP contribution in [0.5, 0.6) is 0 Å². The van der Waals surface area contributed by atoms with Crippen molar-refractivity contribution in [1.82, 2.24) is 5.32 Å². The van der Waals surface area contributed by atoms with Gasteiger partial charge in [-0.2, -0.15) is 0 Å². The molecule has 0 aliphatic rings. The van der Waals surface area contributed by atoms with Crippen molar-refractivity contribution in [3.63, 3.8) is 0 Å². The van der Waals surface area contributed by atoms with Crippen LogP contribution in [0.2, 0.25) is 0 Å². The Bertz CT molecular complexity index is 325. The summed E-state index contributed by atoms with van der Waals surface area (Å²) in [4.78, 5) is 10.8. The molecule has 0 fully saturated rings. The first-order valence-corrected chi connectivity index (χ1v) is 5.39. The van der Waals surface area contributed by atoms with Gasteiger partial charge in [0.15, 0.2) is 0 Å². The van der Waals surface area contributed by atoms with Crippen LogP contribution in [0, 0.1) is 0 Å².